The van der Waals surface area contributed by atoms with Gasteiger partial charge in [0.2, 0.25) is 0 Å². The number of nitrogens with one attached hydrogen (secondary N) is 1. The molecule has 4 aromatic carbocycles. The van der Waals surface area contributed by atoms with E-state index in [2.05, 4.69) is 87.6 Å². The van der Waals surface area contributed by atoms with E-state index in [1.165, 1.54) is 16.5 Å². The fourth-order valence-electron chi connectivity index (χ4n) is 6.34. The molecule has 192 valence electrons. The van der Waals surface area contributed by atoms with E-state index in [-0.39, 0.29) is 6.61 Å². The summed E-state index contributed by atoms with van der Waals surface area (Å²) in [5.41, 5.74) is 3.45. The minimum absolute atomic E-state index is 0.275. The zero-order chi connectivity index (χ0) is 25.5. The number of hydrogen-bond donors (Lipinski definition) is 2. The van der Waals surface area contributed by atoms with E-state index >= 15 is 0 Å². The van der Waals surface area contributed by atoms with E-state index in [4.69, 9.17) is 4.74 Å². The van der Waals surface area contributed by atoms with Gasteiger partial charge in [-0.05, 0) is 53.9 Å². The molecule has 3 aliphatic rings. The van der Waals surface area contributed by atoms with Crippen molar-refractivity contribution in [3.05, 3.63) is 97.1 Å². The quantitative estimate of drug-likeness (QED) is 0.274. The van der Waals surface area contributed by atoms with Crippen LogP contribution in [0.3, 0.4) is 0 Å². The van der Waals surface area contributed by atoms with E-state index in [1.54, 1.807) is 0 Å². The van der Waals surface area contributed by atoms with Gasteiger partial charge in [-0.15, -0.1) is 0 Å². The Kier molecular flexibility index (Phi) is 6.03. The van der Waals surface area contributed by atoms with Gasteiger partial charge in [-0.25, -0.2) is 0 Å². The average molecular weight is 504 g/mol. The third kappa shape index (κ3) is 4.32. The van der Waals surface area contributed by atoms with Crippen molar-refractivity contribution in [1.82, 2.24) is 9.88 Å². The van der Waals surface area contributed by atoms with Crippen LogP contribution in [0.15, 0.2) is 97.1 Å². The van der Waals surface area contributed by atoms with Crippen molar-refractivity contribution in [3.8, 4) is 5.75 Å². The average Bonchev–Trinajstić information content (AvgIpc) is 3.32. The van der Waals surface area contributed by atoms with Crippen molar-refractivity contribution in [1.29, 1.82) is 0 Å². The summed E-state index contributed by atoms with van der Waals surface area (Å²) in [5, 5.41) is 15.9. The van der Waals surface area contributed by atoms with E-state index in [0.29, 0.717) is 18.6 Å². The highest BCUT2D eigenvalue weighted by molar-refractivity contribution is 6.10. The fraction of sp³-hybridized carbons (Fsp3) is 0.273. The van der Waals surface area contributed by atoms with Crippen LogP contribution in [0.25, 0.3) is 32.6 Å². The predicted molar refractivity (Wildman–Crippen MR) is 156 cm³/mol. The van der Waals surface area contributed by atoms with Gasteiger partial charge in [0.1, 0.15) is 18.5 Å². The van der Waals surface area contributed by atoms with Crippen LogP contribution in [0.5, 0.6) is 5.75 Å². The number of nitrogens with zero attached hydrogens (tertiary/aromatic N) is 2. The van der Waals surface area contributed by atoms with E-state index in [0.717, 1.165) is 53.5 Å². The lowest BCUT2D eigenvalue weighted by molar-refractivity contribution is 0.0409. The molecule has 1 saturated heterocycles. The van der Waals surface area contributed by atoms with Crippen LogP contribution in [-0.4, -0.2) is 59.4 Å². The molecule has 0 radical (unpaired) electrons. The third-order valence-corrected chi connectivity index (χ3v) is 8.23. The van der Waals surface area contributed by atoms with Crippen molar-refractivity contribution in [2.45, 2.75) is 31.0 Å². The number of aliphatic hydroxyl groups is 1. The monoisotopic (exact) mass is 503 g/mol. The molecule has 2 N–H and O–H groups in total. The number of benzene rings is 4. The lowest BCUT2D eigenvalue weighted by atomic mass is 9.96. The molecule has 4 heterocycles. The number of rotatable bonds is 6. The first-order valence-electron chi connectivity index (χ1n) is 13.7. The van der Waals surface area contributed by atoms with Crippen molar-refractivity contribution in [2.75, 3.05) is 31.1 Å². The fourth-order valence-corrected chi connectivity index (χ4v) is 6.34. The smallest absolute Gasteiger partial charge is 0.129 e. The summed E-state index contributed by atoms with van der Waals surface area (Å²) in [4.78, 5) is 8.53. The van der Waals surface area contributed by atoms with Gasteiger partial charge < -0.3 is 19.7 Å². The van der Waals surface area contributed by atoms with Crippen LogP contribution in [0.2, 0.25) is 0 Å². The largest absolute Gasteiger partial charge is 0.490 e. The van der Waals surface area contributed by atoms with E-state index in [1.807, 2.05) is 24.3 Å². The number of fused-ring (bicyclic) bond motifs is 8. The molecule has 2 bridgehead atoms. The molecular weight excluding hydrogens is 470 g/mol. The Balaban J connectivity index is 1.06. The summed E-state index contributed by atoms with van der Waals surface area (Å²) >= 11 is 0. The number of hydrogen-bond acceptors (Lipinski definition) is 4. The van der Waals surface area contributed by atoms with Crippen molar-refractivity contribution in [2.24, 2.45) is 0 Å². The molecule has 5 heteroatoms. The van der Waals surface area contributed by atoms with Crippen LogP contribution in [-0.2, 0) is 0 Å². The van der Waals surface area contributed by atoms with Gasteiger partial charge in [0, 0.05) is 53.7 Å². The van der Waals surface area contributed by atoms with E-state index in [9.17, 15) is 5.11 Å². The molecule has 38 heavy (non-hydrogen) atoms. The molecule has 0 amide bonds. The Morgan fingerprint density at radius 1 is 0.816 bits per heavy atom. The topological polar surface area (TPSA) is 51.7 Å². The number of para-hydroxylation sites is 1. The number of H-pyrrole nitrogens is 1. The Labute approximate surface area is 222 Å². The zero-order valence-electron chi connectivity index (χ0n) is 21.5. The van der Waals surface area contributed by atoms with Crippen LogP contribution >= 0.6 is 0 Å². The second-order valence-corrected chi connectivity index (χ2v) is 10.7. The minimum atomic E-state index is -0.561. The molecular formula is C33H33N3O2. The number of aliphatic hydroxyl groups excluding tert-OH is 1. The number of ether oxygens (including phenoxy) is 1. The highest BCUT2D eigenvalue weighted by Crippen LogP contribution is 2.34. The summed E-state index contributed by atoms with van der Waals surface area (Å²) in [7, 11) is 0. The maximum Gasteiger partial charge on any atom is 0.129 e. The first-order chi connectivity index (χ1) is 18.7. The minimum Gasteiger partial charge on any atom is -0.490 e. The molecule has 0 spiro atoms. The predicted octanol–water partition coefficient (Wildman–Crippen LogP) is 6.12. The van der Waals surface area contributed by atoms with Gasteiger partial charge in [-0.3, -0.25) is 4.90 Å². The standard InChI is InChI=1S/C33H33N3O2/c37-28(22-38-32-15-7-14-31-33(32)29-12-5-6-13-30(29)34-31)21-35-19-27-11-4-3-10-26(35)20-36(27)25-17-16-23-8-1-2-9-24(23)18-25/h1-9,12-18,26-28,34,37H,10-11,19-22H2. The van der Waals surface area contributed by atoms with Crippen molar-refractivity contribution >= 4 is 38.3 Å². The summed E-state index contributed by atoms with van der Waals surface area (Å²) in [6, 6.07) is 30.5. The molecule has 8 rings (SSSR count). The lowest BCUT2D eigenvalue weighted by Crippen LogP contribution is -2.60. The SMILES string of the molecule is OC(COc1cccc2[nH]c3ccccc3c12)CN1CC2CC=CCC1CN2c1ccc2ccccc2c1. The Hall–Kier alpha value is -3.80. The Morgan fingerprint density at radius 3 is 2.53 bits per heavy atom. The molecule has 3 atom stereocenters. The highest BCUT2D eigenvalue weighted by Gasteiger charge is 2.35. The summed E-state index contributed by atoms with van der Waals surface area (Å²) in [5.74, 6) is 0.818. The van der Waals surface area contributed by atoms with Gasteiger partial charge in [-0.1, -0.05) is 66.7 Å². The molecule has 3 aliphatic heterocycles. The van der Waals surface area contributed by atoms with Gasteiger partial charge in [0.15, 0.2) is 0 Å². The second-order valence-electron chi connectivity index (χ2n) is 10.7. The molecule has 3 unspecified atom stereocenters. The van der Waals surface area contributed by atoms with Gasteiger partial charge >= 0.3 is 0 Å². The van der Waals surface area contributed by atoms with Gasteiger partial charge in [0.05, 0.1) is 5.52 Å². The van der Waals surface area contributed by atoms with Crippen LogP contribution in [0, 0.1) is 0 Å². The molecule has 1 fully saturated rings. The van der Waals surface area contributed by atoms with Gasteiger partial charge in [0.25, 0.3) is 0 Å². The van der Waals surface area contributed by atoms with Gasteiger partial charge in [-0.2, -0.15) is 0 Å². The first-order valence-corrected chi connectivity index (χ1v) is 13.7. The van der Waals surface area contributed by atoms with Crippen molar-refractivity contribution in [3.63, 3.8) is 0 Å². The second kappa shape index (κ2) is 9.82. The number of anilines is 1. The van der Waals surface area contributed by atoms with Crippen LogP contribution in [0.4, 0.5) is 5.69 Å². The lowest BCUT2D eigenvalue weighted by Gasteiger charge is -2.48. The zero-order valence-corrected chi connectivity index (χ0v) is 21.5. The number of aromatic amines is 1. The Bertz CT molecular complexity index is 1620. The molecule has 1 aromatic heterocycles. The maximum atomic E-state index is 11.1. The Morgan fingerprint density at radius 2 is 1.61 bits per heavy atom. The summed E-state index contributed by atoms with van der Waals surface area (Å²) in [6.45, 7) is 2.80. The maximum absolute atomic E-state index is 11.1. The third-order valence-electron chi connectivity index (χ3n) is 8.23. The number of aromatic nitrogens is 1. The molecule has 5 nitrogen and oxygen atoms in total. The number of piperazine rings is 1. The summed E-state index contributed by atoms with van der Waals surface area (Å²) in [6.07, 6.45) is 6.12. The van der Waals surface area contributed by atoms with Crippen molar-refractivity contribution < 1.29 is 9.84 Å². The molecule has 0 aliphatic carbocycles. The molecule has 0 saturated carbocycles. The van der Waals surface area contributed by atoms with E-state index < -0.39 is 6.10 Å². The van der Waals surface area contributed by atoms with Crippen LogP contribution < -0.4 is 9.64 Å². The molecule has 5 aromatic rings. The summed E-state index contributed by atoms with van der Waals surface area (Å²) < 4.78 is 6.24. The highest BCUT2D eigenvalue weighted by atomic mass is 16.5. The first kappa shape index (κ1) is 23.3. The normalized spacial score (nSPS) is 20.7. The van der Waals surface area contributed by atoms with Crippen LogP contribution in [0.1, 0.15) is 12.8 Å².